The fourth-order valence-electron chi connectivity index (χ4n) is 2.05. The molecule has 0 unspecified atom stereocenters. The Morgan fingerprint density at radius 1 is 1.06 bits per heavy atom. The Bertz CT molecular complexity index is 714. The minimum Gasteiger partial charge on any atom is -0.478 e. The highest BCUT2D eigenvalue weighted by molar-refractivity contribution is 7.13. The molecular weight excluding hydrogens is 244 g/mol. The van der Waals surface area contributed by atoms with E-state index in [1.807, 2.05) is 41.8 Å². The van der Waals surface area contributed by atoms with E-state index in [0.29, 0.717) is 5.56 Å². The topological polar surface area (TPSA) is 37.3 Å². The minimum absolute atomic E-state index is 0.325. The number of thiophene rings is 1. The van der Waals surface area contributed by atoms with Crippen LogP contribution in [0.5, 0.6) is 0 Å². The third-order valence-corrected chi connectivity index (χ3v) is 3.82. The maximum atomic E-state index is 11.0. The summed E-state index contributed by atoms with van der Waals surface area (Å²) in [6, 6.07) is 15.3. The zero-order valence-corrected chi connectivity index (χ0v) is 10.3. The molecule has 0 saturated carbocycles. The van der Waals surface area contributed by atoms with Crippen LogP contribution < -0.4 is 0 Å². The van der Waals surface area contributed by atoms with Crippen molar-refractivity contribution in [2.75, 3.05) is 0 Å². The third kappa shape index (κ3) is 1.79. The number of aromatic carboxylic acids is 1. The first-order chi connectivity index (χ1) is 8.75. The summed E-state index contributed by atoms with van der Waals surface area (Å²) in [5.41, 5.74) is 1.41. The fourth-order valence-corrected chi connectivity index (χ4v) is 2.82. The fraction of sp³-hybridized carbons (Fsp3) is 0. The summed E-state index contributed by atoms with van der Waals surface area (Å²) in [5.74, 6) is -0.891. The third-order valence-electron chi connectivity index (χ3n) is 2.92. The molecule has 0 aliphatic rings. The molecule has 2 nitrogen and oxygen atoms in total. The van der Waals surface area contributed by atoms with Gasteiger partial charge < -0.3 is 5.11 Å². The number of rotatable bonds is 2. The van der Waals surface area contributed by atoms with Crippen molar-refractivity contribution < 1.29 is 9.90 Å². The Hall–Kier alpha value is -2.13. The van der Waals surface area contributed by atoms with Gasteiger partial charge in [0.2, 0.25) is 0 Å². The molecule has 0 radical (unpaired) electrons. The summed E-state index contributed by atoms with van der Waals surface area (Å²) in [6.07, 6.45) is 0. The van der Waals surface area contributed by atoms with Crippen molar-refractivity contribution in [2.45, 2.75) is 0 Å². The van der Waals surface area contributed by atoms with Crippen LogP contribution >= 0.6 is 11.3 Å². The van der Waals surface area contributed by atoms with E-state index in [0.717, 1.165) is 21.2 Å². The molecule has 0 atom stereocenters. The van der Waals surface area contributed by atoms with Crippen LogP contribution in [0.25, 0.3) is 21.2 Å². The first-order valence-electron chi connectivity index (χ1n) is 5.55. The number of carboxylic acid groups (broad SMARTS) is 1. The molecule has 18 heavy (non-hydrogen) atoms. The number of hydrogen-bond acceptors (Lipinski definition) is 2. The van der Waals surface area contributed by atoms with Gasteiger partial charge in [-0.3, -0.25) is 0 Å². The predicted molar refractivity (Wildman–Crippen MR) is 74.2 cm³/mol. The number of hydrogen-bond donors (Lipinski definition) is 1. The Morgan fingerprint density at radius 3 is 2.67 bits per heavy atom. The quantitative estimate of drug-likeness (QED) is 0.741. The summed E-state index contributed by atoms with van der Waals surface area (Å²) in [6.45, 7) is 0. The average Bonchev–Trinajstić information content (AvgIpc) is 2.91. The van der Waals surface area contributed by atoms with Gasteiger partial charge in [-0.1, -0.05) is 30.3 Å². The van der Waals surface area contributed by atoms with E-state index in [9.17, 15) is 4.79 Å². The molecule has 0 spiro atoms. The zero-order chi connectivity index (χ0) is 12.5. The summed E-state index contributed by atoms with van der Waals surface area (Å²) >= 11 is 1.66. The molecule has 3 aromatic rings. The van der Waals surface area contributed by atoms with Gasteiger partial charge in [-0.25, -0.2) is 4.79 Å². The van der Waals surface area contributed by atoms with Gasteiger partial charge in [-0.05, 0) is 39.9 Å². The largest absolute Gasteiger partial charge is 0.478 e. The molecule has 0 bridgehead atoms. The smallest absolute Gasteiger partial charge is 0.335 e. The molecule has 1 aromatic heterocycles. The lowest BCUT2D eigenvalue weighted by atomic mass is 10.0. The second-order valence-corrected chi connectivity index (χ2v) is 4.97. The van der Waals surface area contributed by atoms with Gasteiger partial charge in [0, 0.05) is 4.88 Å². The van der Waals surface area contributed by atoms with Gasteiger partial charge in [0.05, 0.1) is 5.56 Å². The first kappa shape index (κ1) is 11.0. The van der Waals surface area contributed by atoms with E-state index in [2.05, 4.69) is 0 Å². The first-order valence-corrected chi connectivity index (χ1v) is 6.43. The summed E-state index contributed by atoms with van der Waals surface area (Å²) in [4.78, 5) is 12.2. The van der Waals surface area contributed by atoms with Crippen molar-refractivity contribution in [2.24, 2.45) is 0 Å². The highest BCUT2D eigenvalue weighted by Crippen LogP contribution is 2.32. The Kier molecular flexibility index (Phi) is 2.61. The van der Waals surface area contributed by atoms with Crippen LogP contribution in [0.4, 0.5) is 0 Å². The summed E-state index contributed by atoms with van der Waals surface area (Å²) in [5, 5.41) is 13.1. The molecule has 0 aliphatic carbocycles. The number of fused-ring (bicyclic) bond motifs is 1. The van der Waals surface area contributed by atoms with Crippen molar-refractivity contribution in [3.8, 4) is 10.4 Å². The number of carboxylic acids is 1. The van der Waals surface area contributed by atoms with E-state index >= 15 is 0 Å². The predicted octanol–water partition coefficient (Wildman–Crippen LogP) is 4.27. The molecule has 3 heteroatoms. The van der Waals surface area contributed by atoms with Gasteiger partial charge in [0.25, 0.3) is 0 Å². The summed E-state index contributed by atoms with van der Waals surface area (Å²) in [7, 11) is 0. The standard InChI is InChI=1S/C15H10O2S/c16-15(17)11-7-6-10-3-1-4-12(13(10)9-11)14-5-2-8-18-14/h1-9H,(H,16,17). The number of carbonyl (C=O) groups is 1. The molecule has 0 saturated heterocycles. The number of benzene rings is 2. The molecule has 0 fully saturated rings. The molecule has 0 amide bonds. The van der Waals surface area contributed by atoms with Crippen molar-refractivity contribution in [1.29, 1.82) is 0 Å². The SMILES string of the molecule is O=C(O)c1ccc2cccc(-c3cccs3)c2c1. The minimum atomic E-state index is -0.891. The van der Waals surface area contributed by atoms with Crippen molar-refractivity contribution in [1.82, 2.24) is 0 Å². The Labute approximate surface area is 108 Å². The maximum absolute atomic E-state index is 11.0. The Morgan fingerprint density at radius 2 is 1.94 bits per heavy atom. The van der Waals surface area contributed by atoms with E-state index in [-0.39, 0.29) is 0 Å². The normalized spacial score (nSPS) is 10.7. The molecule has 1 N–H and O–H groups in total. The van der Waals surface area contributed by atoms with Gasteiger partial charge >= 0.3 is 5.97 Å². The lowest BCUT2D eigenvalue weighted by molar-refractivity contribution is 0.0697. The highest BCUT2D eigenvalue weighted by Gasteiger charge is 2.08. The van der Waals surface area contributed by atoms with Gasteiger partial charge in [-0.2, -0.15) is 0 Å². The van der Waals surface area contributed by atoms with Crippen LogP contribution in [0.15, 0.2) is 53.9 Å². The Balaban J connectivity index is 2.31. The van der Waals surface area contributed by atoms with Gasteiger partial charge in [0.15, 0.2) is 0 Å². The van der Waals surface area contributed by atoms with Gasteiger partial charge in [-0.15, -0.1) is 11.3 Å². The van der Waals surface area contributed by atoms with Crippen LogP contribution in [0.1, 0.15) is 10.4 Å². The maximum Gasteiger partial charge on any atom is 0.335 e. The van der Waals surface area contributed by atoms with Crippen LogP contribution in [-0.2, 0) is 0 Å². The molecule has 3 rings (SSSR count). The van der Waals surface area contributed by atoms with Crippen LogP contribution in [0.3, 0.4) is 0 Å². The van der Waals surface area contributed by atoms with Crippen LogP contribution in [0, 0.1) is 0 Å². The second-order valence-electron chi connectivity index (χ2n) is 4.02. The molecule has 88 valence electrons. The molecular formula is C15H10O2S. The van der Waals surface area contributed by atoms with Gasteiger partial charge in [0.1, 0.15) is 0 Å². The molecule has 0 aliphatic heterocycles. The van der Waals surface area contributed by atoms with Crippen molar-refractivity contribution in [3.63, 3.8) is 0 Å². The van der Waals surface area contributed by atoms with E-state index in [1.54, 1.807) is 23.5 Å². The summed E-state index contributed by atoms with van der Waals surface area (Å²) < 4.78 is 0. The average molecular weight is 254 g/mol. The second kappa shape index (κ2) is 4.27. The molecule has 1 heterocycles. The zero-order valence-electron chi connectivity index (χ0n) is 9.46. The highest BCUT2D eigenvalue weighted by atomic mass is 32.1. The van der Waals surface area contributed by atoms with Crippen LogP contribution in [-0.4, -0.2) is 11.1 Å². The lowest BCUT2D eigenvalue weighted by Crippen LogP contribution is -1.95. The van der Waals surface area contributed by atoms with Crippen molar-refractivity contribution >= 4 is 28.1 Å². The van der Waals surface area contributed by atoms with E-state index in [4.69, 9.17) is 5.11 Å². The molecule has 2 aromatic carbocycles. The lowest BCUT2D eigenvalue weighted by Gasteiger charge is -2.05. The van der Waals surface area contributed by atoms with Crippen LogP contribution in [0.2, 0.25) is 0 Å². The van der Waals surface area contributed by atoms with E-state index in [1.165, 1.54) is 0 Å². The van der Waals surface area contributed by atoms with E-state index < -0.39 is 5.97 Å². The monoisotopic (exact) mass is 254 g/mol. The van der Waals surface area contributed by atoms with Crippen molar-refractivity contribution in [3.05, 3.63) is 59.5 Å².